The van der Waals surface area contributed by atoms with Gasteiger partial charge in [0.2, 0.25) is 5.91 Å². The van der Waals surface area contributed by atoms with E-state index in [9.17, 15) is 4.79 Å². The molecule has 1 saturated heterocycles. The zero-order chi connectivity index (χ0) is 14.0. The fraction of sp³-hybridized carbons (Fsp3) is 0.933. The van der Waals surface area contributed by atoms with Gasteiger partial charge in [-0.3, -0.25) is 4.79 Å². The molecule has 1 amide bonds. The molecular weight excluding hydrogens is 224 g/mol. The Labute approximate surface area is 113 Å². The summed E-state index contributed by atoms with van der Waals surface area (Å²) >= 11 is 0. The van der Waals surface area contributed by atoms with Gasteiger partial charge in [0.1, 0.15) is 0 Å². The number of piperidine rings is 1. The maximum absolute atomic E-state index is 10.9. The Morgan fingerprint density at radius 3 is 2.00 bits per heavy atom. The molecule has 0 aliphatic carbocycles. The fourth-order valence-electron chi connectivity index (χ4n) is 1.78. The SMILES string of the molecule is CC(C)CNC(=O)C(C)C.CCN1CCCCC1. The van der Waals surface area contributed by atoms with Crippen LogP contribution in [0.5, 0.6) is 0 Å². The molecule has 0 radical (unpaired) electrons. The van der Waals surface area contributed by atoms with E-state index in [0.717, 1.165) is 6.54 Å². The molecule has 1 rings (SSSR count). The summed E-state index contributed by atoms with van der Waals surface area (Å²) in [5.41, 5.74) is 0. The number of nitrogens with zero attached hydrogens (tertiary/aromatic N) is 1. The Morgan fingerprint density at radius 1 is 1.11 bits per heavy atom. The van der Waals surface area contributed by atoms with Crippen molar-refractivity contribution in [3.63, 3.8) is 0 Å². The molecule has 18 heavy (non-hydrogen) atoms. The fourth-order valence-corrected chi connectivity index (χ4v) is 1.78. The molecule has 3 nitrogen and oxygen atoms in total. The third-order valence-electron chi connectivity index (χ3n) is 3.10. The third-order valence-corrected chi connectivity index (χ3v) is 3.10. The standard InChI is InChI=1S/C8H17NO.C7H15N/c1-6(2)5-9-8(10)7(3)4;1-2-8-6-4-3-5-7-8/h6-7H,5H2,1-4H3,(H,9,10);2-7H2,1H3. The molecule has 0 unspecified atom stereocenters. The summed E-state index contributed by atoms with van der Waals surface area (Å²) in [6.45, 7) is 14.9. The molecule has 0 aromatic carbocycles. The molecule has 1 aliphatic heterocycles. The van der Waals surface area contributed by atoms with Gasteiger partial charge in [-0.1, -0.05) is 41.0 Å². The highest BCUT2D eigenvalue weighted by Gasteiger charge is 2.06. The molecule has 0 spiro atoms. The van der Waals surface area contributed by atoms with Gasteiger partial charge in [-0.25, -0.2) is 0 Å². The number of amides is 1. The van der Waals surface area contributed by atoms with Crippen LogP contribution in [-0.2, 0) is 4.79 Å². The van der Waals surface area contributed by atoms with Crippen LogP contribution < -0.4 is 5.32 Å². The van der Waals surface area contributed by atoms with E-state index in [-0.39, 0.29) is 11.8 Å². The molecule has 108 valence electrons. The van der Waals surface area contributed by atoms with Crippen LogP contribution >= 0.6 is 0 Å². The van der Waals surface area contributed by atoms with Crippen molar-refractivity contribution in [1.82, 2.24) is 10.2 Å². The number of rotatable bonds is 4. The van der Waals surface area contributed by atoms with Gasteiger partial charge in [-0.15, -0.1) is 0 Å². The van der Waals surface area contributed by atoms with Crippen molar-refractivity contribution in [2.75, 3.05) is 26.2 Å². The van der Waals surface area contributed by atoms with E-state index >= 15 is 0 Å². The Hall–Kier alpha value is -0.570. The van der Waals surface area contributed by atoms with Crippen molar-refractivity contribution < 1.29 is 4.79 Å². The second kappa shape index (κ2) is 10.4. The lowest BCUT2D eigenvalue weighted by molar-refractivity contribution is -0.124. The molecule has 0 aromatic heterocycles. The lowest BCUT2D eigenvalue weighted by Gasteiger charge is -2.24. The van der Waals surface area contributed by atoms with Gasteiger partial charge in [0.05, 0.1) is 0 Å². The van der Waals surface area contributed by atoms with E-state index in [0.29, 0.717) is 5.92 Å². The second-order valence-corrected chi connectivity index (χ2v) is 5.79. The molecule has 0 saturated carbocycles. The number of nitrogens with one attached hydrogen (secondary N) is 1. The van der Waals surface area contributed by atoms with Gasteiger partial charge >= 0.3 is 0 Å². The van der Waals surface area contributed by atoms with Crippen molar-refractivity contribution in [3.05, 3.63) is 0 Å². The number of hydrogen-bond acceptors (Lipinski definition) is 2. The van der Waals surface area contributed by atoms with E-state index in [1.165, 1.54) is 38.9 Å². The average Bonchev–Trinajstić information content (AvgIpc) is 2.37. The number of likely N-dealkylation sites (tertiary alicyclic amines) is 1. The first-order chi connectivity index (χ1) is 8.47. The predicted molar refractivity (Wildman–Crippen MR) is 78.7 cm³/mol. The first kappa shape index (κ1) is 17.4. The van der Waals surface area contributed by atoms with Gasteiger partial charge in [-0.2, -0.15) is 0 Å². The molecule has 1 heterocycles. The van der Waals surface area contributed by atoms with Crippen LogP contribution in [0.25, 0.3) is 0 Å². The first-order valence-corrected chi connectivity index (χ1v) is 7.47. The quantitative estimate of drug-likeness (QED) is 0.839. The summed E-state index contributed by atoms with van der Waals surface area (Å²) in [5, 5.41) is 2.84. The number of carbonyl (C=O) groups is 1. The molecule has 0 aromatic rings. The second-order valence-electron chi connectivity index (χ2n) is 5.79. The topological polar surface area (TPSA) is 32.3 Å². The van der Waals surface area contributed by atoms with Gasteiger partial charge in [0.15, 0.2) is 0 Å². The maximum Gasteiger partial charge on any atom is 0.222 e. The minimum Gasteiger partial charge on any atom is -0.356 e. The van der Waals surface area contributed by atoms with Gasteiger partial charge in [0, 0.05) is 12.5 Å². The summed E-state index contributed by atoms with van der Waals surface area (Å²) in [5.74, 6) is 0.801. The summed E-state index contributed by atoms with van der Waals surface area (Å²) in [6.07, 6.45) is 4.30. The highest BCUT2D eigenvalue weighted by Crippen LogP contribution is 2.06. The smallest absolute Gasteiger partial charge is 0.222 e. The lowest BCUT2D eigenvalue weighted by Crippen LogP contribution is -2.30. The highest BCUT2D eigenvalue weighted by molar-refractivity contribution is 5.77. The Bertz CT molecular complexity index is 209. The first-order valence-electron chi connectivity index (χ1n) is 7.47. The third kappa shape index (κ3) is 9.46. The molecule has 1 fully saturated rings. The summed E-state index contributed by atoms with van der Waals surface area (Å²) in [7, 11) is 0. The van der Waals surface area contributed by atoms with Crippen molar-refractivity contribution in [2.45, 2.75) is 53.9 Å². The minimum atomic E-state index is 0.110. The van der Waals surface area contributed by atoms with Gasteiger partial charge in [-0.05, 0) is 38.4 Å². The summed E-state index contributed by atoms with van der Waals surface area (Å²) in [6, 6.07) is 0. The van der Waals surface area contributed by atoms with Gasteiger partial charge < -0.3 is 10.2 Å². The Kier molecular flexibility index (Phi) is 10.0. The van der Waals surface area contributed by atoms with E-state index in [1.54, 1.807) is 0 Å². The van der Waals surface area contributed by atoms with Crippen LogP contribution in [0.3, 0.4) is 0 Å². The highest BCUT2D eigenvalue weighted by atomic mass is 16.1. The van der Waals surface area contributed by atoms with E-state index in [2.05, 4.69) is 31.0 Å². The van der Waals surface area contributed by atoms with Gasteiger partial charge in [0.25, 0.3) is 0 Å². The molecule has 1 N–H and O–H groups in total. The minimum absolute atomic E-state index is 0.110. The molecule has 0 bridgehead atoms. The zero-order valence-corrected chi connectivity index (χ0v) is 13.0. The van der Waals surface area contributed by atoms with Crippen LogP contribution in [0.1, 0.15) is 53.9 Å². The maximum atomic E-state index is 10.9. The molecular formula is C15H32N2O. The molecule has 0 atom stereocenters. The number of hydrogen-bond donors (Lipinski definition) is 1. The molecule has 3 heteroatoms. The van der Waals surface area contributed by atoms with Crippen LogP contribution in [0.15, 0.2) is 0 Å². The van der Waals surface area contributed by atoms with E-state index in [1.807, 2.05) is 13.8 Å². The van der Waals surface area contributed by atoms with Crippen molar-refractivity contribution in [1.29, 1.82) is 0 Å². The van der Waals surface area contributed by atoms with Crippen LogP contribution in [0.4, 0.5) is 0 Å². The zero-order valence-electron chi connectivity index (χ0n) is 13.0. The largest absolute Gasteiger partial charge is 0.356 e. The Morgan fingerprint density at radius 2 is 1.67 bits per heavy atom. The van der Waals surface area contributed by atoms with Crippen molar-refractivity contribution >= 4 is 5.91 Å². The monoisotopic (exact) mass is 256 g/mol. The van der Waals surface area contributed by atoms with E-state index < -0.39 is 0 Å². The van der Waals surface area contributed by atoms with E-state index in [4.69, 9.17) is 0 Å². The van der Waals surface area contributed by atoms with Crippen LogP contribution in [0, 0.1) is 11.8 Å². The molecule has 1 aliphatic rings. The average molecular weight is 256 g/mol. The Balaban J connectivity index is 0.000000327. The van der Waals surface area contributed by atoms with Crippen molar-refractivity contribution in [2.24, 2.45) is 11.8 Å². The predicted octanol–water partition coefficient (Wildman–Crippen LogP) is 2.91. The number of carbonyl (C=O) groups excluding carboxylic acids is 1. The summed E-state index contributed by atoms with van der Waals surface area (Å²) in [4.78, 5) is 13.5. The summed E-state index contributed by atoms with van der Waals surface area (Å²) < 4.78 is 0. The normalized spacial score (nSPS) is 16.4. The lowest BCUT2D eigenvalue weighted by atomic mass is 10.1. The van der Waals surface area contributed by atoms with Crippen LogP contribution in [0.2, 0.25) is 0 Å². The van der Waals surface area contributed by atoms with Crippen molar-refractivity contribution in [3.8, 4) is 0 Å². The van der Waals surface area contributed by atoms with Crippen LogP contribution in [-0.4, -0.2) is 37.0 Å².